The maximum absolute atomic E-state index is 14.8. The van der Waals surface area contributed by atoms with Crippen LogP contribution in [0.5, 0.6) is 0 Å². The molecule has 0 radical (unpaired) electrons. The maximum Gasteiger partial charge on any atom is 0.339 e. The first kappa shape index (κ1) is 49.8. The van der Waals surface area contributed by atoms with Crippen LogP contribution in [0.3, 0.4) is 0 Å². The molecule has 4 rings (SSSR count). The van der Waals surface area contributed by atoms with Gasteiger partial charge in [0, 0.05) is 61.8 Å². The first-order chi connectivity index (χ1) is 30.4. The van der Waals surface area contributed by atoms with Crippen LogP contribution in [0.2, 0.25) is 0 Å². The highest BCUT2D eigenvalue weighted by Crippen LogP contribution is 2.53. The molecule has 0 aromatic heterocycles. The van der Waals surface area contributed by atoms with Gasteiger partial charge in [0.2, 0.25) is 0 Å². The third-order valence-electron chi connectivity index (χ3n) is 10.9. The van der Waals surface area contributed by atoms with Crippen molar-refractivity contribution in [3.8, 4) is 11.1 Å². The number of carbonyl (C=O) groups excluding carboxylic acids is 10. The Hall–Kier alpha value is -6.86. The average Bonchev–Trinajstić information content (AvgIpc) is 3.86. The van der Waals surface area contributed by atoms with E-state index < -0.39 is 143 Å². The van der Waals surface area contributed by atoms with Gasteiger partial charge in [0.05, 0.1) is 77.1 Å². The number of methoxy groups -OCH3 is 4. The molecule has 64 heavy (non-hydrogen) atoms. The Kier molecular flexibility index (Phi) is 16.0. The number of hydrogen-bond acceptors (Lipinski definition) is 20. The number of carbonyl (C=O) groups is 10. The largest absolute Gasteiger partial charge is 0.468 e. The summed E-state index contributed by atoms with van der Waals surface area (Å²) in [6.45, 7) is 5.05. The number of esters is 10. The quantitative estimate of drug-likeness (QED) is 0.125. The van der Waals surface area contributed by atoms with Gasteiger partial charge in [0.25, 0.3) is 0 Å². The van der Waals surface area contributed by atoms with Crippen molar-refractivity contribution in [2.24, 2.45) is 10.8 Å². The third-order valence-corrected chi connectivity index (χ3v) is 10.9. The van der Waals surface area contributed by atoms with E-state index in [1.165, 1.54) is 27.7 Å². The lowest BCUT2D eigenvalue weighted by molar-refractivity contribution is -0.170. The molecule has 0 heterocycles. The average molecular weight is 899 g/mol. The van der Waals surface area contributed by atoms with Crippen molar-refractivity contribution in [2.75, 3.05) is 54.9 Å². The molecule has 20 nitrogen and oxygen atoms in total. The Labute approximate surface area is 367 Å². The van der Waals surface area contributed by atoms with Crippen LogP contribution >= 0.6 is 0 Å². The molecule has 0 bridgehead atoms. The Balaban J connectivity index is 2.56. The summed E-state index contributed by atoms with van der Waals surface area (Å²) < 4.78 is 53.6. The lowest BCUT2D eigenvalue weighted by Crippen LogP contribution is -2.42. The molecule has 0 saturated heterocycles. The van der Waals surface area contributed by atoms with Crippen LogP contribution in [0, 0.1) is 10.8 Å². The highest BCUT2D eigenvalue weighted by atomic mass is 16.6. The van der Waals surface area contributed by atoms with Crippen molar-refractivity contribution in [3.63, 3.8) is 0 Å². The molecule has 0 fully saturated rings. The van der Waals surface area contributed by atoms with Gasteiger partial charge < -0.3 is 47.4 Å². The molecule has 346 valence electrons. The second-order valence-electron chi connectivity index (χ2n) is 14.4. The molecular formula is C44H50O20. The second kappa shape index (κ2) is 20.5. The number of benzene rings is 2. The minimum absolute atomic E-state index is 0.135. The monoisotopic (exact) mass is 898 g/mol. The van der Waals surface area contributed by atoms with Gasteiger partial charge in [-0.15, -0.1) is 0 Å². The van der Waals surface area contributed by atoms with E-state index in [-0.39, 0.29) is 59.8 Å². The van der Waals surface area contributed by atoms with Gasteiger partial charge in [0.1, 0.15) is 13.2 Å². The van der Waals surface area contributed by atoms with Crippen LogP contribution in [0.15, 0.2) is 0 Å². The molecule has 0 amide bonds. The zero-order valence-corrected chi connectivity index (χ0v) is 37.2. The summed E-state index contributed by atoms with van der Waals surface area (Å²) in [5.41, 5.74) is -8.80. The molecule has 20 heteroatoms. The Morgan fingerprint density at radius 1 is 0.391 bits per heavy atom. The molecule has 0 N–H and O–H groups in total. The topological polar surface area (TPSA) is 263 Å². The van der Waals surface area contributed by atoms with Crippen molar-refractivity contribution < 1.29 is 95.3 Å². The first-order valence-electron chi connectivity index (χ1n) is 20.1. The molecular weight excluding hydrogens is 848 g/mol. The summed E-state index contributed by atoms with van der Waals surface area (Å²) in [5.74, 6) is -10.9. The van der Waals surface area contributed by atoms with E-state index in [1.54, 1.807) is 0 Å². The second-order valence-corrected chi connectivity index (χ2v) is 14.4. The fourth-order valence-corrected chi connectivity index (χ4v) is 8.40. The van der Waals surface area contributed by atoms with Crippen molar-refractivity contribution in [1.29, 1.82) is 0 Å². The van der Waals surface area contributed by atoms with Crippen molar-refractivity contribution >= 4 is 59.7 Å². The van der Waals surface area contributed by atoms with Crippen molar-refractivity contribution in [2.45, 2.75) is 80.4 Å². The lowest BCUT2D eigenvalue weighted by atomic mass is 9.78. The molecule has 0 saturated carbocycles. The van der Waals surface area contributed by atoms with Gasteiger partial charge in [-0.25, -0.2) is 19.2 Å². The molecule has 2 aliphatic rings. The fourth-order valence-electron chi connectivity index (χ4n) is 8.40. The summed E-state index contributed by atoms with van der Waals surface area (Å²) >= 11 is 0. The molecule has 2 aromatic rings. The van der Waals surface area contributed by atoms with Crippen molar-refractivity contribution in [1.82, 2.24) is 0 Å². The summed E-state index contributed by atoms with van der Waals surface area (Å²) in [6, 6.07) is 0. The van der Waals surface area contributed by atoms with E-state index in [2.05, 4.69) is 0 Å². The molecule has 2 aromatic carbocycles. The zero-order valence-electron chi connectivity index (χ0n) is 37.2. The van der Waals surface area contributed by atoms with Gasteiger partial charge in [-0.05, 0) is 49.9 Å². The number of hydrogen-bond donors (Lipinski definition) is 0. The van der Waals surface area contributed by atoms with Gasteiger partial charge in [0.15, 0.2) is 10.8 Å². The van der Waals surface area contributed by atoms with E-state index in [1.807, 2.05) is 0 Å². The van der Waals surface area contributed by atoms with Crippen LogP contribution < -0.4 is 0 Å². The lowest BCUT2D eigenvalue weighted by Gasteiger charge is -2.27. The summed E-state index contributed by atoms with van der Waals surface area (Å²) in [4.78, 5) is 139. The predicted octanol–water partition coefficient (Wildman–Crippen LogP) is 3.05. The molecule has 0 aliphatic heterocycles. The molecule has 0 spiro atoms. The van der Waals surface area contributed by atoms with Crippen LogP contribution in [0.1, 0.15) is 116 Å². The Bertz CT molecular complexity index is 2110. The van der Waals surface area contributed by atoms with Gasteiger partial charge >= 0.3 is 59.7 Å². The normalized spacial score (nSPS) is 13.8. The highest BCUT2D eigenvalue weighted by molar-refractivity contribution is 6.14. The summed E-state index contributed by atoms with van der Waals surface area (Å²) in [6.07, 6.45) is -2.67. The Morgan fingerprint density at radius 2 is 0.625 bits per heavy atom. The number of ether oxygens (including phenoxy) is 10. The van der Waals surface area contributed by atoms with Gasteiger partial charge in [-0.1, -0.05) is 0 Å². The molecule has 2 aliphatic carbocycles. The van der Waals surface area contributed by atoms with Crippen LogP contribution in [-0.2, 0) is 115 Å². The van der Waals surface area contributed by atoms with E-state index in [0.29, 0.717) is 0 Å². The number of fused-ring (bicyclic) bond motifs is 2. The molecule has 0 unspecified atom stereocenters. The van der Waals surface area contributed by atoms with E-state index in [4.69, 9.17) is 47.4 Å². The maximum atomic E-state index is 14.8. The first-order valence-corrected chi connectivity index (χ1v) is 20.1. The third kappa shape index (κ3) is 8.85. The van der Waals surface area contributed by atoms with E-state index in [9.17, 15) is 47.9 Å². The minimum atomic E-state index is -2.26. The van der Waals surface area contributed by atoms with Gasteiger partial charge in [-0.3, -0.25) is 28.8 Å². The number of rotatable bonds is 17. The van der Waals surface area contributed by atoms with Crippen molar-refractivity contribution in [3.05, 3.63) is 55.6 Å². The fraction of sp³-hybridized carbons (Fsp3) is 0.500. The Morgan fingerprint density at radius 3 is 0.844 bits per heavy atom. The zero-order chi connectivity index (χ0) is 47.8. The molecule has 0 atom stereocenters. The minimum Gasteiger partial charge on any atom is -0.468 e. The van der Waals surface area contributed by atoms with Crippen LogP contribution in [0.4, 0.5) is 0 Å². The van der Waals surface area contributed by atoms with E-state index >= 15 is 0 Å². The van der Waals surface area contributed by atoms with E-state index in [0.717, 1.165) is 42.3 Å². The smallest absolute Gasteiger partial charge is 0.339 e. The highest BCUT2D eigenvalue weighted by Gasteiger charge is 2.58. The standard InChI is InChI=1S/C44H50O20/c1-11-59-35(47)29-23-15-43(39(51)55-7,40(52)56-8)17-25(23)33(37(49)61-13-3)31(27(29)19-63-21(5)45)32-28(20-64-22(6)46)30(36(48)60-12-2)24-16-44(41(53)57-9,42(54)58-10)18-26(24)34(32)38(50)62-14-4/h11-20H2,1-10H3. The summed E-state index contributed by atoms with van der Waals surface area (Å²) in [5, 5.41) is 0. The predicted molar refractivity (Wildman–Crippen MR) is 214 cm³/mol. The SMILES string of the molecule is CCOC(=O)c1c2c(c(C(=O)OCC)c(-c3c(COC(C)=O)c(C(=O)OCC)c4c(c3C(=O)OCC)CC(C(=O)OC)(C(=O)OC)C4)c1COC(C)=O)CC(C(=O)OC)(C(=O)OC)C2. The van der Waals surface area contributed by atoms with Crippen LogP contribution in [-0.4, -0.2) is 115 Å². The summed E-state index contributed by atoms with van der Waals surface area (Å²) in [7, 11) is 4.01. The van der Waals surface area contributed by atoms with Crippen LogP contribution in [0.25, 0.3) is 11.1 Å². The van der Waals surface area contributed by atoms with Gasteiger partial charge in [-0.2, -0.15) is 0 Å².